The number of hydrogen-bond donors (Lipinski definition) is 1. The molecular formula is C17H18F3N7O. The zero-order valence-corrected chi connectivity index (χ0v) is 15.2. The summed E-state index contributed by atoms with van der Waals surface area (Å²) in [5, 5.41) is 7.45. The van der Waals surface area contributed by atoms with E-state index in [1.165, 1.54) is 0 Å². The van der Waals surface area contributed by atoms with Crippen LogP contribution in [-0.2, 0) is 12.7 Å². The van der Waals surface area contributed by atoms with Gasteiger partial charge in [-0.1, -0.05) is 0 Å². The van der Waals surface area contributed by atoms with Crippen molar-refractivity contribution in [3.05, 3.63) is 41.9 Å². The minimum atomic E-state index is -4.59. The highest BCUT2D eigenvalue weighted by molar-refractivity contribution is 5.55. The van der Waals surface area contributed by atoms with E-state index in [2.05, 4.69) is 29.9 Å². The lowest BCUT2D eigenvalue weighted by molar-refractivity contribution is -0.139. The van der Waals surface area contributed by atoms with Gasteiger partial charge in [-0.25, -0.2) is 9.97 Å². The second-order valence-electron chi connectivity index (χ2n) is 6.36. The van der Waals surface area contributed by atoms with Crippen LogP contribution in [0.1, 0.15) is 36.5 Å². The quantitative estimate of drug-likeness (QED) is 0.716. The van der Waals surface area contributed by atoms with E-state index in [1.807, 2.05) is 6.20 Å². The van der Waals surface area contributed by atoms with Crippen molar-refractivity contribution in [2.24, 2.45) is 0 Å². The number of fused-ring (bicyclic) bond motifs is 1. The summed E-state index contributed by atoms with van der Waals surface area (Å²) in [6.45, 7) is 4.31. The molecule has 0 aliphatic carbocycles. The van der Waals surface area contributed by atoms with Gasteiger partial charge in [0.1, 0.15) is 17.4 Å². The third-order valence-electron chi connectivity index (χ3n) is 4.51. The SMILES string of the molecule is CCOc1nc(Nc2cn([C@H]3CCn4ccnc43)nc2C)ncc1C(F)(F)F. The van der Waals surface area contributed by atoms with Crippen molar-refractivity contribution < 1.29 is 17.9 Å². The van der Waals surface area contributed by atoms with E-state index in [-0.39, 0.29) is 18.6 Å². The van der Waals surface area contributed by atoms with Crippen molar-refractivity contribution in [3.8, 4) is 5.88 Å². The van der Waals surface area contributed by atoms with Crippen molar-refractivity contribution in [1.82, 2.24) is 29.3 Å². The van der Waals surface area contributed by atoms with E-state index in [0.717, 1.165) is 18.8 Å². The van der Waals surface area contributed by atoms with Crippen LogP contribution in [0.15, 0.2) is 24.8 Å². The summed E-state index contributed by atoms with van der Waals surface area (Å²) >= 11 is 0. The van der Waals surface area contributed by atoms with Gasteiger partial charge in [-0.05, 0) is 20.3 Å². The van der Waals surface area contributed by atoms with Crippen LogP contribution in [0.25, 0.3) is 0 Å². The number of anilines is 2. The van der Waals surface area contributed by atoms with E-state index < -0.39 is 17.6 Å². The standard InChI is InChI=1S/C17H18F3N7O/c1-3-28-15-11(17(18,19)20)8-22-16(24-15)23-12-9-27(25-10(12)2)13-4-6-26-7-5-21-14(13)26/h5,7-9,13H,3-4,6H2,1-2H3,(H,22,23,24)/t13-/m0/s1. The van der Waals surface area contributed by atoms with Crippen molar-refractivity contribution in [2.45, 2.75) is 39.0 Å². The highest BCUT2D eigenvalue weighted by Gasteiger charge is 2.36. The van der Waals surface area contributed by atoms with Gasteiger partial charge in [-0.15, -0.1) is 0 Å². The van der Waals surface area contributed by atoms with E-state index in [9.17, 15) is 13.2 Å². The van der Waals surface area contributed by atoms with Gasteiger partial charge in [0, 0.05) is 31.3 Å². The number of ether oxygens (including phenoxy) is 1. The van der Waals surface area contributed by atoms with Gasteiger partial charge in [0.2, 0.25) is 11.8 Å². The second kappa shape index (κ2) is 6.80. The Hall–Kier alpha value is -3.11. The first kappa shape index (κ1) is 18.3. The average Bonchev–Trinajstić information content (AvgIpc) is 3.31. The summed E-state index contributed by atoms with van der Waals surface area (Å²) < 4.78 is 48.1. The molecule has 0 radical (unpaired) electrons. The molecule has 1 aliphatic rings. The summed E-state index contributed by atoms with van der Waals surface area (Å²) in [5.41, 5.74) is 0.267. The molecule has 0 amide bonds. The van der Waals surface area contributed by atoms with Gasteiger partial charge in [0.05, 0.1) is 18.0 Å². The first-order valence-electron chi connectivity index (χ1n) is 8.77. The predicted octanol–water partition coefficient (Wildman–Crippen LogP) is 3.33. The zero-order valence-electron chi connectivity index (χ0n) is 15.2. The number of rotatable bonds is 5. The van der Waals surface area contributed by atoms with Crippen molar-refractivity contribution in [3.63, 3.8) is 0 Å². The maximum atomic E-state index is 13.1. The lowest BCUT2D eigenvalue weighted by Gasteiger charge is -2.13. The molecule has 4 rings (SSSR count). The monoisotopic (exact) mass is 393 g/mol. The molecule has 3 aromatic rings. The summed E-state index contributed by atoms with van der Waals surface area (Å²) in [5.74, 6) is 0.431. The molecule has 0 saturated carbocycles. The zero-order chi connectivity index (χ0) is 19.9. The number of nitrogens with one attached hydrogen (secondary N) is 1. The van der Waals surface area contributed by atoms with Crippen LogP contribution in [0.3, 0.4) is 0 Å². The fourth-order valence-electron chi connectivity index (χ4n) is 3.20. The van der Waals surface area contributed by atoms with Gasteiger partial charge in [0.25, 0.3) is 0 Å². The largest absolute Gasteiger partial charge is 0.477 e. The molecule has 0 spiro atoms. The predicted molar refractivity (Wildman–Crippen MR) is 93.4 cm³/mol. The minimum Gasteiger partial charge on any atom is -0.477 e. The molecular weight excluding hydrogens is 375 g/mol. The maximum Gasteiger partial charge on any atom is 0.423 e. The molecule has 1 N–H and O–H groups in total. The number of halogens is 3. The summed E-state index contributed by atoms with van der Waals surface area (Å²) in [6.07, 6.45) is 2.46. The first-order chi connectivity index (χ1) is 13.4. The third kappa shape index (κ3) is 3.27. The summed E-state index contributed by atoms with van der Waals surface area (Å²) in [6, 6.07) is 0.0109. The van der Waals surface area contributed by atoms with E-state index in [0.29, 0.717) is 17.6 Å². The molecule has 0 bridgehead atoms. The molecule has 28 heavy (non-hydrogen) atoms. The topological polar surface area (TPSA) is 82.7 Å². The molecule has 1 aliphatic heterocycles. The summed E-state index contributed by atoms with van der Waals surface area (Å²) in [4.78, 5) is 12.0. The molecule has 0 aromatic carbocycles. The Balaban J connectivity index is 1.60. The Kier molecular flexibility index (Phi) is 4.44. The first-order valence-corrected chi connectivity index (χ1v) is 8.77. The van der Waals surface area contributed by atoms with Gasteiger partial charge in [-0.2, -0.15) is 23.3 Å². The Morgan fingerprint density at radius 1 is 1.32 bits per heavy atom. The van der Waals surface area contributed by atoms with Gasteiger partial charge < -0.3 is 14.6 Å². The van der Waals surface area contributed by atoms with Crippen molar-refractivity contribution >= 4 is 11.6 Å². The van der Waals surface area contributed by atoms with Crippen molar-refractivity contribution in [1.29, 1.82) is 0 Å². The highest BCUT2D eigenvalue weighted by Crippen LogP contribution is 2.35. The lowest BCUT2D eigenvalue weighted by Crippen LogP contribution is -2.12. The number of imidazole rings is 1. The Labute approximate surface area is 158 Å². The number of nitrogens with zero attached hydrogens (tertiary/aromatic N) is 6. The molecule has 148 valence electrons. The third-order valence-corrected chi connectivity index (χ3v) is 4.51. The highest BCUT2D eigenvalue weighted by atomic mass is 19.4. The molecule has 8 nitrogen and oxygen atoms in total. The van der Waals surface area contributed by atoms with E-state index >= 15 is 0 Å². The molecule has 0 unspecified atom stereocenters. The van der Waals surface area contributed by atoms with Crippen LogP contribution in [-0.4, -0.2) is 35.9 Å². The van der Waals surface area contributed by atoms with Gasteiger partial charge in [0.15, 0.2) is 0 Å². The van der Waals surface area contributed by atoms with Crippen LogP contribution in [0.5, 0.6) is 5.88 Å². The number of aromatic nitrogens is 6. The number of hydrogen-bond acceptors (Lipinski definition) is 6. The molecule has 1 atom stereocenters. The van der Waals surface area contributed by atoms with Crippen LogP contribution in [0.4, 0.5) is 24.8 Å². The van der Waals surface area contributed by atoms with E-state index in [4.69, 9.17) is 4.74 Å². The molecule has 0 fully saturated rings. The molecule has 4 heterocycles. The fraction of sp³-hybridized carbons (Fsp3) is 0.412. The maximum absolute atomic E-state index is 13.1. The number of alkyl halides is 3. The minimum absolute atomic E-state index is 0.00650. The molecule has 0 saturated heterocycles. The van der Waals surface area contributed by atoms with E-state index in [1.54, 1.807) is 30.9 Å². The van der Waals surface area contributed by atoms with Gasteiger partial charge >= 0.3 is 6.18 Å². The second-order valence-corrected chi connectivity index (χ2v) is 6.36. The Morgan fingerprint density at radius 3 is 2.89 bits per heavy atom. The Morgan fingerprint density at radius 2 is 2.14 bits per heavy atom. The Bertz CT molecular complexity index is 995. The van der Waals surface area contributed by atoms with Crippen LogP contribution in [0.2, 0.25) is 0 Å². The smallest absolute Gasteiger partial charge is 0.423 e. The molecule has 3 aromatic heterocycles. The van der Waals surface area contributed by atoms with Crippen LogP contribution in [0, 0.1) is 6.92 Å². The molecule has 11 heteroatoms. The summed E-state index contributed by atoms with van der Waals surface area (Å²) in [7, 11) is 0. The normalized spacial score (nSPS) is 16.2. The average molecular weight is 393 g/mol. The lowest BCUT2D eigenvalue weighted by atomic mass is 10.2. The fourth-order valence-corrected chi connectivity index (χ4v) is 3.20. The van der Waals surface area contributed by atoms with Crippen LogP contribution >= 0.6 is 0 Å². The van der Waals surface area contributed by atoms with Gasteiger partial charge in [-0.3, -0.25) is 4.68 Å². The van der Waals surface area contributed by atoms with Crippen LogP contribution < -0.4 is 10.1 Å². The van der Waals surface area contributed by atoms with Crippen molar-refractivity contribution in [2.75, 3.05) is 11.9 Å². The number of aryl methyl sites for hydroxylation is 2.